The maximum Gasteiger partial charge on any atom is 0.226 e. The first-order valence-corrected chi connectivity index (χ1v) is 9.28. The number of methoxy groups -OCH3 is 2. The molecule has 4 nitrogen and oxygen atoms in total. The number of aromatic nitrogens is 1. The maximum absolute atomic E-state index is 5.92. The van der Waals surface area contributed by atoms with E-state index in [0.717, 1.165) is 39.5 Å². The van der Waals surface area contributed by atoms with Gasteiger partial charge in [0.1, 0.15) is 11.5 Å². The van der Waals surface area contributed by atoms with Gasteiger partial charge in [0, 0.05) is 22.8 Å². The average Bonchev–Trinajstić information content (AvgIpc) is 3.29. The third-order valence-corrected chi connectivity index (χ3v) is 4.62. The van der Waals surface area contributed by atoms with Crippen molar-refractivity contribution in [3.05, 3.63) is 90.1 Å². The summed E-state index contributed by atoms with van der Waals surface area (Å²) < 4.78 is 16.6. The second-order valence-electron chi connectivity index (χ2n) is 6.46. The zero-order valence-corrected chi connectivity index (χ0v) is 16.3. The van der Waals surface area contributed by atoms with Gasteiger partial charge in [-0.05, 0) is 29.8 Å². The minimum absolute atomic E-state index is 0.608. The molecule has 0 amide bonds. The van der Waals surface area contributed by atoms with Gasteiger partial charge in [0.05, 0.1) is 20.4 Å². The molecule has 0 spiro atoms. The Kier molecular flexibility index (Phi) is 5.43. The van der Waals surface area contributed by atoms with E-state index >= 15 is 0 Å². The molecule has 0 aliphatic rings. The highest BCUT2D eigenvalue weighted by atomic mass is 16.5. The Balaban J connectivity index is 1.52. The van der Waals surface area contributed by atoms with Gasteiger partial charge in [0.2, 0.25) is 5.89 Å². The molecule has 0 unspecified atom stereocenters. The van der Waals surface area contributed by atoms with Crippen LogP contribution in [0.4, 0.5) is 0 Å². The lowest BCUT2D eigenvalue weighted by Gasteiger charge is -2.07. The molecule has 0 N–H and O–H groups in total. The Morgan fingerprint density at radius 3 is 2.31 bits per heavy atom. The van der Waals surface area contributed by atoms with E-state index in [9.17, 15) is 0 Å². The number of nitrogens with zero attached hydrogens (tertiary/aromatic N) is 1. The van der Waals surface area contributed by atoms with Crippen LogP contribution >= 0.6 is 0 Å². The molecule has 4 aromatic rings. The molecule has 0 aliphatic heterocycles. The lowest BCUT2D eigenvalue weighted by molar-refractivity contribution is 0.394. The fourth-order valence-electron chi connectivity index (χ4n) is 3.02. The van der Waals surface area contributed by atoms with Crippen molar-refractivity contribution in [1.82, 2.24) is 4.98 Å². The lowest BCUT2D eigenvalue weighted by Crippen LogP contribution is -1.89. The third kappa shape index (κ3) is 4.22. The fourth-order valence-corrected chi connectivity index (χ4v) is 3.02. The summed E-state index contributed by atoms with van der Waals surface area (Å²) in [5.41, 5.74) is 4.00. The molecule has 4 rings (SSSR count). The molecule has 4 heteroatoms. The molecule has 0 bridgehead atoms. The van der Waals surface area contributed by atoms with Crippen molar-refractivity contribution in [1.29, 1.82) is 0 Å². The largest absolute Gasteiger partial charge is 0.497 e. The van der Waals surface area contributed by atoms with Gasteiger partial charge in [-0.3, -0.25) is 0 Å². The van der Waals surface area contributed by atoms with E-state index < -0.39 is 0 Å². The highest BCUT2D eigenvalue weighted by Crippen LogP contribution is 2.28. The highest BCUT2D eigenvalue weighted by molar-refractivity contribution is 5.74. The molecule has 0 saturated carbocycles. The van der Waals surface area contributed by atoms with Crippen molar-refractivity contribution in [2.75, 3.05) is 14.2 Å². The van der Waals surface area contributed by atoms with Crippen molar-refractivity contribution < 1.29 is 13.9 Å². The number of rotatable bonds is 6. The van der Waals surface area contributed by atoms with Crippen LogP contribution in [0.15, 0.2) is 83.4 Å². The van der Waals surface area contributed by atoms with Crippen LogP contribution in [0.25, 0.3) is 34.9 Å². The minimum atomic E-state index is 0.608. The molecule has 29 heavy (non-hydrogen) atoms. The maximum atomic E-state index is 5.92. The van der Waals surface area contributed by atoms with Gasteiger partial charge in [-0.15, -0.1) is 0 Å². The average molecular weight is 383 g/mol. The summed E-state index contributed by atoms with van der Waals surface area (Å²) in [4.78, 5) is 4.41. The standard InChI is InChI=1S/C25H21NO3/c1-27-22-15-14-20(23(16-22)28-2)11-8-18-9-12-21(13-10-18)25-26-17-24(29-25)19-6-4-3-5-7-19/h3-17H,1-2H3/b11-8+. The molecular weight excluding hydrogens is 362 g/mol. The first-order chi connectivity index (χ1) is 14.3. The van der Waals surface area contributed by atoms with E-state index in [1.54, 1.807) is 20.4 Å². The normalized spacial score (nSPS) is 11.0. The number of hydrogen-bond donors (Lipinski definition) is 0. The molecule has 144 valence electrons. The Labute approximate surface area is 170 Å². The van der Waals surface area contributed by atoms with Crippen LogP contribution in [0.2, 0.25) is 0 Å². The van der Waals surface area contributed by atoms with Crippen LogP contribution in [-0.4, -0.2) is 19.2 Å². The Hall–Kier alpha value is -3.79. The fraction of sp³-hybridized carbons (Fsp3) is 0.0800. The molecule has 1 aromatic heterocycles. The smallest absolute Gasteiger partial charge is 0.226 e. The van der Waals surface area contributed by atoms with Crippen LogP contribution in [0.1, 0.15) is 11.1 Å². The van der Waals surface area contributed by atoms with Gasteiger partial charge in [0.15, 0.2) is 5.76 Å². The molecular formula is C25H21NO3. The zero-order chi connectivity index (χ0) is 20.1. The molecule has 0 radical (unpaired) electrons. The van der Waals surface area contributed by atoms with Crippen molar-refractivity contribution in [3.63, 3.8) is 0 Å². The Bertz CT molecular complexity index is 1110. The number of hydrogen-bond acceptors (Lipinski definition) is 4. The number of benzene rings is 3. The minimum Gasteiger partial charge on any atom is -0.497 e. The predicted molar refractivity (Wildman–Crippen MR) is 116 cm³/mol. The first-order valence-electron chi connectivity index (χ1n) is 9.28. The van der Waals surface area contributed by atoms with Crippen molar-refractivity contribution in [3.8, 4) is 34.3 Å². The Morgan fingerprint density at radius 2 is 1.59 bits per heavy atom. The SMILES string of the molecule is COc1ccc(/C=C/c2ccc(-c3ncc(-c4ccccc4)o3)cc2)c(OC)c1. The van der Waals surface area contributed by atoms with E-state index in [1.807, 2.05) is 84.9 Å². The predicted octanol–water partition coefficient (Wildman–Crippen LogP) is 6.20. The van der Waals surface area contributed by atoms with Gasteiger partial charge < -0.3 is 13.9 Å². The van der Waals surface area contributed by atoms with E-state index in [-0.39, 0.29) is 0 Å². The summed E-state index contributed by atoms with van der Waals surface area (Å²) in [5, 5.41) is 0. The number of ether oxygens (including phenoxy) is 2. The van der Waals surface area contributed by atoms with Gasteiger partial charge in [-0.25, -0.2) is 4.98 Å². The highest BCUT2D eigenvalue weighted by Gasteiger charge is 2.08. The van der Waals surface area contributed by atoms with Gasteiger partial charge in [-0.1, -0.05) is 54.6 Å². The molecule has 0 fully saturated rings. The van der Waals surface area contributed by atoms with Crippen LogP contribution in [0.3, 0.4) is 0 Å². The molecule has 1 heterocycles. The molecule has 3 aromatic carbocycles. The summed E-state index contributed by atoms with van der Waals surface area (Å²) in [7, 11) is 3.30. The summed E-state index contributed by atoms with van der Waals surface area (Å²) in [6.45, 7) is 0. The van der Waals surface area contributed by atoms with Crippen LogP contribution in [0.5, 0.6) is 11.5 Å². The Morgan fingerprint density at radius 1 is 0.793 bits per heavy atom. The van der Waals surface area contributed by atoms with Crippen LogP contribution in [0, 0.1) is 0 Å². The monoisotopic (exact) mass is 383 g/mol. The van der Waals surface area contributed by atoms with Gasteiger partial charge in [0.25, 0.3) is 0 Å². The second kappa shape index (κ2) is 8.48. The topological polar surface area (TPSA) is 44.5 Å². The summed E-state index contributed by atoms with van der Waals surface area (Å²) in [6, 6.07) is 23.8. The second-order valence-corrected chi connectivity index (χ2v) is 6.46. The molecule has 0 atom stereocenters. The van der Waals surface area contributed by atoms with E-state index in [2.05, 4.69) is 4.98 Å². The third-order valence-electron chi connectivity index (χ3n) is 4.62. The van der Waals surface area contributed by atoms with Crippen LogP contribution < -0.4 is 9.47 Å². The molecule has 0 aliphatic carbocycles. The summed E-state index contributed by atoms with van der Waals surface area (Å²) in [5.74, 6) is 2.90. The summed E-state index contributed by atoms with van der Waals surface area (Å²) in [6.07, 6.45) is 5.82. The summed E-state index contributed by atoms with van der Waals surface area (Å²) >= 11 is 0. The lowest BCUT2D eigenvalue weighted by atomic mass is 10.1. The first kappa shape index (κ1) is 18.6. The van der Waals surface area contributed by atoms with Crippen LogP contribution in [-0.2, 0) is 0 Å². The van der Waals surface area contributed by atoms with Crippen molar-refractivity contribution in [2.24, 2.45) is 0 Å². The number of oxazole rings is 1. The van der Waals surface area contributed by atoms with Crippen molar-refractivity contribution in [2.45, 2.75) is 0 Å². The van der Waals surface area contributed by atoms with Gasteiger partial charge >= 0.3 is 0 Å². The van der Waals surface area contributed by atoms with Crippen molar-refractivity contribution >= 4 is 12.2 Å². The molecule has 0 saturated heterocycles. The van der Waals surface area contributed by atoms with E-state index in [4.69, 9.17) is 13.9 Å². The van der Waals surface area contributed by atoms with Gasteiger partial charge in [-0.2, -0.15) is 0 Å². The quantitative estimate of drug-likeness (QED) is 0.372. The zero-order valence-electron chi connectivity index (χ0n) is 16.3. The van der Waals surface area contributed by atoms with E-state index in [0.29, 0.717) is 5.89 Å². The van der Waals surface area contributed by atoms with E-state index in [1.165, 1.54) is 0 Å².